The Morgan fingerprint density at radius 3 is 2.36 bits per heavy atom. The van der Waals surface area contributed by atoms with E-state index in [4.69, 9.17) is 4.74 Å². The van der Waals surface area contributed by atoms with E-state index in [9.17, 15) is 18.0 Å². The molecule has 0 aromatic heterocycles. The van der Waals surface area contributed by atoms with E-state index in [0.29, 0.717) is 38.4 Å². The predicted octanol–water partition coefficient (Wildman–Crippen LogP) is 2.37. The second kappa shape index (κ2) is 7.84. The van der Waals surface area contributed by atoms with Gasteiger partial charge in [0, 0.05) is 20.2 Å². The summed E-state index contributed by atoms with van der Waals surface area (Å²) >= 11 is 0. The Bertz CT molecular complexity index is 370. The lowest BCUT2D eigenvalue weighted by atomic mass is 9.90. The summed E-state index contributed by atoms with van der Waals surface area (Å²) in [7, 11) is 1.47. The van der Waals surface area contributed by atoms with Crippen LogP contribution in [0.2, 0.25) is 0 Å². The third kappa shape index (κ3) is 5.28. The molecule has 0 spiro atoms. The Balaban J connectivity index is 0.00000242. The number of hydrogen-bond donors (Lipinski definition) is 1. The summed E-state index contributed by atoms with van der Waals surface area (Å²) < 4.78 is 42.9. The van der Waals surface area contributed by atoms with Crippen molar-refractivity contribution in [3.05, 3.63) is 0 Å². The van der Waals surface area contributed by atoms with Crippen molar-refractivity contribution < 1.29 is 22.7 Å². The van der Waals surface area contributed by atoms with Crippen LogP contribution in [0.25, 0.3) is 0 Å². The fraction of sp³-hybridized carbons (Fsp3) is 0.929. The molecule has 0 unspecified atom stereocenters. The van der Waals surface area contributed by atoms with Crippen molar-refractivity contribution >= 4 is 18.3 Å². The Labute approximate surface area is 135 Å². The van der Waals surface area contributed by atoms with Crippen LogP contribution in [0.3, 0.4) is 0 Å². The summed E-state index contributed by atoms with van der Waals surface area (Å²) in [5.74, 6) is 0.0838. The Kier molecular flexibility index (Phi) is 6.95. The van der Waals surface area contributed by atoms with Gasteiger partial charge in [-0.2, -0.15) is 13.2 Å². The molecule has 1 amide bonds. The SMILES string of the molecule is COC1(C(=O)N(CCC(F)(F)F)CC2CC2)CCNCC1.Cl. The molecule has 0 aromatic carbocycles. The van der Waals surface area contributed by atoms with Crippen molar-refractivity contribution in [1.82, 2.24) is 10.2 Å². The first-order valence-electron chi connectivity index (χ1n) is 7.48. The van der Waals surface area contributed by atoms with Crippen LogP contribution in [0.5, 0.6) is 0 Å². The molecule has 0 bridgehead atoms. The average Bonchev–Trinajstić information content (AvgIpc) is 3.26. The summed E-state index contributed by atoms with van der Waals surface area (Å²) in [6, 6.07) is 0. The van der Waals surface area contributed by atoms with Crippen molar-refractivity contribution in [1.29, 1.82) is 0 Å². The summed E-state index contributed by atoms with van der Waals surface area (Å²) in [6.07, 6.45) is -2.18. The smallest absolute Gasteiger partial charge is 0.368 e. The van der Waals surface area contributed by atoms with Gasteiger partial charge in [-0.3, -0.25) is 4.79 Å². The highest BCUT2D eigenvalue weighted by Crippen LogP contribution is 2.33. The van der Waals surface area contributed by atoms with Crippen molar-refractivity contribution in [2.75, 3.05) is 33.3 Å². The van der Waals surface area contributed by atoms with Gasteiger partial charge >= 0.3 is 6.18 Å². The summed E-state index contributed by atoms with van der Waals surface area (Å²) in [6.45, 7) is 1.46. The number of halogens is 4. The lowest BCUT2D eigenvalue weighted by Crippen LogP contribution is -2.56. The van der Waals surface area contributed by atoms with Gasteiger partial charge in [-0.25, -0.2) is 0 Å². The van der Waals surface area contributed by atoms with Crippen LogP contribution in [-0.4, -0.2) is 55.9 Å². The normalized spacial score (nSPS) is 21.1. The van der Waals surface area contributed by atoms with Crippen LogP contribution in [0.1, 0.15) is 32.1 Å². The van der Waals surface area contributed by atoms with Crippen LogP contribution in [-0.2, 0) is 9.53 Å². The molecule has 130 valence electrons. The quantitative estimate of drug-likeness (QED) is 0.804. The Morgan fingerprint density at radius 1 is 1.32 bits per heavy atom. The topological polar surface area (TPSA) is 41.6 Å². The molecule has 0 atom stereocenters. The van der Waals surface area contributed by atoms with E-state index in [1.165, 1.54) is 12.0 Å². The van der Waals surface area contributed by atoms with Gasteiger partial charge in [-0.15, -0.1) is 12.4 Å². The van der Waals surface area contributed by atoms with Crippen molar-refractivity contribution in [3.8, 4) is 0 Å². The number of hydrogen-bond acceptors (Lipinski definition) is 3. The molecule has 4 nitrogen and oxygen atoms in total. The zero-order chi connectivity index (χ0) is 15.5. The van der Waals surface area contributed by atoms with Crippen LogP contribution >= 0.6 is 12.4 Å². The van der Waals surface area contributed by atoms with Crippen molar-refractivity contribution in [3.63, 3.8) is 0 Å². The zero-order valence-corrected chi connectivity index (χ0v) is 13.6. The molecular weight excluding hydrogens is 321 g/mol. The number of carbonyl (C=O) groups is 1. The molecule has 2 fully saturated rings. The Morgan fingerprint density at radius 2 is 1.91 bits per heavy atom. The van der Waals surface area contributed by atoms with E-state index in [1.807, 2.05) is 0 Å². The van der Waals surface area contributed by atoms with E-state index in [0.717, 1.165) is 12.8 Å². The van der Waals surface area contributed by atoms with Gasteiger partial charge in [0.05, 0.1) is 6.42 Å². The summed E-state index contributed by atoms with van der Waals surface area (Å²) in [4.78, 5) is 14.1. The average molecular weight is 345 g/mol. The third-order valence-corrected chi connectivity index (χ3v) is 4.32. The molecule has 1 aliphatic carbocycles. The molecule has 8 heteroatoms. The number of piperidine rings is 1. The minimum absolute atomic E-state index is 0. The maximum absolute atomic E-state index is 12.7. The molecule has 22 heavy (non-hydrogen) atoms. The second-order valence-corrected chi connectivity index (χ2v) is 6.01. The van der Waals surface area contributed by atoms with Gasteiger partial charge in [0.1, 0.15) is 5.60 Å². The molecule has 1 saturated heterocycles. The maximum atomic E-state index is 12.7. The van der Waals surface area contributed by atoms with Crippen LogP contribution in [0, 0.1) is 5.92 Å². The number of alkyl halides is 3. The molecule has 1 N–H and O–H groups in total. The summed E-state index contributed by atoms with van der Waals surface area (Å²) in [5.41, 5.74) is -0.953. The first kappa shape index (κ1) is 19.5. The standard InChI is InChI=1S/C14H23F3N2O2.ClH/c1-21-13(4-7-18-8-5-13)12(20)19(10-11-2-3-11)9-6-14(15,16)17;/h11,18H,2-10H2,1H3;1H. The van der Waals surface area contributed by atoms with Crippen molar-refractivity contribution in [2.24, 2.45) is 5.92 Å². The van der Waals surface area contributed by atoms with Gasteiger partial charge in [-0.1, -0.05) is 0 Å². The fourth-order valence-electron chi connectivity index (χ4n) is 2.77. The van der Waals surface area contributed by atoms with Crippen LogP contribution < -0.4 is 5.32 Å². The number of nitrogens with one attached hydrogen (secondary N) is 1. The minimum atomic E-state index is -4.24. The van der Waals surface area contributed by atoms with Gasteiger partial charge in [0.25, 0.3) is 5.91 Å². The van der Waals surface area contributed by atoms with Gasteiger partial charge in [-0.05, 0) is 44.7 Å². The molecular formula is C14H24ClF3N2O2. The highest BCUT2D eigenvalue weighted by Gasteiger charge is 2.44. The highest BCUT2D eigenvalue weighted by molar-refractivity contribution is 5.85. The van der Waals surface area contributed by atoms with E-state index in [-0.39, 0.29) is 24.9 Å². The molecule has 0 radical (unpaired) electrons. The number of nitrogens with zero attached hydrogens (tertiary/aromatic N) is 1. The molecule has 1 aliphatic heterocycles. The highest BCUT2D eigenvalue weighted by atomic mass is 35.5. The van der Waals surface area contributed by atoms with Crippen LogP contribution in [0.4, 0.5) is 13.2 Å². The van der Waals surface area contributed by atoms with E-state index in [2.05, 4.69) is 5.32 Å². The Hall–Kier alpha value is -0.530. The second-order valence-electron chi connectivity index (χ2n) is 6.01. The molecule has 1 heterocycles. The minimum Gasteiger partial charge on any atom is -0.368 e. The van der Waals surface area contributed by atoms with Gasteiger partial charge in [0.2, 0.25) is 0 Å². The largest absolute Gasteiger partial charge is 0.390 e. The third-order valence-electron chi connectivity index (χ3n) is 4.32. The first-order valence-corrected chi connectivity index (χ1v) is 7.48. The molecule has 0 aromatic rings. The number of amides is 1. The predicted molar refractivity (Wildman–Crippen MR) is 79.1 cm³/mol. The summed E-state index contributed by atoms with van der Waals surface area (Å²) in [5, 5.41) is 3.15. The number of rotatable bonds is 6. The van der Waals surface area contributed by atoms with E-state index >= 15 is 0 Å². The van der Waals surface area contributed by atoms with E-state index < -0.39 is 18.2 Å². The lowest BCUT2D eigenvalue weighted by Gasteiger charge is -2.39. The first-order chi connectivity index (χ1) is 9.86. The van der Waals surface area contributed by atoms with Gasteiger partial charge in [0.15, 0.2) is 0 Å². The zero-order valence-electron chi connectivity index (χ0n) is 12.7. The number of carbonyl (C=O) groups excluding carboxylic acids is 1. The maximum Gasteiger partial charge on any atom is 0.390 e. The van der Waals surface area contributed by atoms with Crippen LogP contribution in [0.15, 0.2) is 0 Å². The number of methoxy groups -OCH3 is 1. The van der Waals surface area contributed by atoms with Gasteiger partial charge < -0.3 is 15.0 Å². The number of ether oxygens (including phenoxy) is 1. The van der Waals surface area contributed by atoms with E-state index in [1.54, 1.807) is 0 Å². The van der Waals surface area contributed by atoms with Crippen molar-refractivity contribution in [2.45, 2.75) is 43.9 Å². The molecule has 2 aliphatic rings. The monoisotopic (exact) mass is 344 g/mol. The lowest BCUT2D eigenvalue weighted by molar-refractivity contribution is -0.164. The fourth-order valence-corrected chi connectivity index (χ4v) is 2.77. The molecule has 1 saturated carbocycles. The molecule has 2 rings (SSSR count).